The molecule has 10 nitrogen and oxygen atoms in total. The van der Waals surface area contributed by atoms with Crippen LogP contribution in [0.2, 0.25) is 5.02 Å². The fourth-order valence-corrected chi connectivity index (χ4v) is 6.11. The number of non-ortho nitro benzene ring substituents is 1. The van der Waals surface area contributed by atoms with Gasteiger partial charge in [0.25, 0.3) is 11.6 Å². The van der Waals surface area contributed by atoms with E-state index >= 15 is 0 Å². The second-order valence-electron chi connectivity index (χ2n) is 8.16. The summed E-state index contributed by atoms with van der Waals surface area (Å²) < 4.78 is 5.96. The van der Waals surface area contributed by atoms with Crippen molar-refractivity contribution >= 4 is 57.2 Å². The number of aromatic nitrogens is 2. The van der Waals surface area contributed by atoms with Gasteiger partial charge in [0.2, 0.25) is 10.9 Å². The van der Waals surface area contributed by atoms with E-state index in [4.69, 9.17) is 16.0 Å². The standard InChI is InChI=1S/C25H17ClN4O6S2/c1-13-9-10-18(36-13)21(31)19-20(14-6-4-7-16(11-14)30(34)35)29(23(33)22(19)32)24-27-28-25(38-24)37-12-15-5-2-3-8-17(15)26/h2-11,20,32H,12H2,1H3. The average molecular weight is 569 g/mol. The van der Waals surface area contributed by atoms with E-state index in [-0.39, 0.29) is 27.7 Å². The van der Waals surface area contributed by atoms with Crippen LogP contribution in [0.4, 0.5) is 10.8 Å². The molecule has 0 saturated heterocycles. The molecule has 1 amide bonds. The molecule has 5 rings (SSSR count). The summed E-state index contributed by atoms with van der Waals surface area (Å²) in [4.78, 5) is 38.7. The first-order valence-electron chi connectivity index (χ1n) is 11.1. The number of thioether (sulfide) groups is 1. The lowest BCUT2D eigenvalue weighted by Crippen LogP contribution is -2.31. The van der Waals surface area contributed by atoms with Crippen LogP contribution < -0.4 is 4.90 Å². The van der Waals surface area contributed by atoms with Crippen molar-refractivity contribution in [2.24, 2.45) is 0 Å². The molecule has 1 atom stereocenters. The smallest absolute Gasteiger partial charge is 0.296 e. The number of anilines is 1. The zero-order valence-corrected chi connectivity index (χ0v) is 21.9. The number of ketones is 1. The Morgan fingerprint density at radius 2 is 2.00 bits per heavy atom. The number of Topliss-reactive ketones (excluding diaryl/α,β-unsaturated/α-hetero) is 1. The Balaban J connectivity index is 1.53. The summed E-state index contributed by atoms with van der Waals surface area (Å²) in [5.74, 6) is -1.51. The molecule has 1 unspecified atom stereocenters. The van der Waals surface area contributed by atoms with Crippen molar-refractivity contribution in [3.63, 3.8) is 0 Å². The first kappa shape index (κ1) is 25.6. The number of hydrogen-bond acceptors (Lipinski definition) is 10. The molecule has 0 spiro atoms. The number of carbonyl (C=O) groups is 2. The lowest BCUT2D eigenvalue weighted by Gasteiger charge is -2.23. The number of rotatable bonds is 8. The van der Waals surface area contributed by atoms with Gasteiger partial charge in [0.15, 0.2) is 15.9 Å². The molecule has 192 valence electrons. The molecule has 1 aliphatic heterocycles. The number of aryl methyl sites for hydroxylation is 1. The van der Waals surface area contributed by atoms with E-state index in [0.717, 1.165) is 21.8 Å². The zero-order valence-electron chi connectivity index (χ0n) is 19.5. The van der Waals surface area contributed by atoms with Gasteiger partial charge in [-0.3, -0.25) is 24.6 Å². The van der Waals surface area contributed by atoms with Gasteiger partial charge in [-0.05, 0) is 36.2 Å². The molecule has 0 saturated carbocycles. The van der Waals surface area contributed by atoms with Gasteiger partial charge in [0, 0.05) is 22.9 Å². The monoisotopic (exact) mass is 568 g/mol. The molecule has 0 radical (unpaired) electrons. The van der Waals surface area contributed by atoms with E-state index < -0.39 is 28.4 Å². The molecule has 2 aromatic carbocycles. The van der Waals surface area contributed by atoms with Gasteiger partial charge in [-0.15, -0.1) is 10.2 Å². The largest absolute Gasteiger partial charge is 0.503 e. The highest BCUT2D eigenvalue weighted by molar-refractivity contribution is 8.00. The topological polar surface area (TPSA) is 140 Å². The van der Waals surface area contributed by atoms with Crippen LogP contribution in [0.5, 0.6) is 0 Å². The minimum Gasteiger partial charge on any atom is -0.503 e. The van der Waals surface area contributed by atoms with E-state index in [1.54, 1.807) is 19.1 Å². The van der Waals surface area contributed by atoms with E-state index in [1.165, 1.54) is 42.1 Å². The van der Waals surface area contributed by atoms with Crippen LogP contribution in [0.3, 0.4) is 0 Å². The van der Waals surface area contributed by atoms with E-state index in [9.17, 15) is 24.8 Å². The van der Waals surface area contributed by atoms with Gasteiger partial charge in [0.05, 0.1) is 16.5 Å². The number of nitro groups is 1. The van der Waals surface area contributed by atoms with Crippen molar-refractivity contribution < 1.29 is 24.0 Å². The number of nitrogens with zero attached hydrogens (tertiary/aromatic N) is 4. The predicted octanol–water partition coefficient (Wildman–Crippen LogP) is 6.08. The molecule has 1 aliphatic rings. The van der Waals surface area contributed by atoms with Crippen LogP contribution in [0.25, 0.3) is 0 Å². The molecule has 1 N–H and O–H groups in total. The van der Waals surface area contributed by atoms with Crippen LogP contribution >= 0.6 is 34.7 Å². The molecule has 2 aromatic heterocycles. The van der Waals surface area contributed by atoms with Gasteiger partial charge in [0.1, 0.15) is 5.76 Å². The molecule has 3 heterocycles. The van der Waals surface area contributed by atoms with Crippen molar-refractivity contribution in [1.29, 1.82) is 0 Å². The van der Waals surface area contributed by atoms with Crippen LogP contribution in [0.15, 0.2) is 80.8 Å². The highest BCUT2D eigenvalue weighted by atomic mass is 35.5. The minimum absolute atomic E-state index is 0.0811. The zero-order chi connectivity index (χ0) is 27.0. The Bertz CT molecular complexity index is 1610. The Hall–Kier alpha value is -4.00. The number of benzene rings is 2. The Labute approximate surface area is 228 Å². The number of furan rings is 1. The average Bonchev–Trinajstić information content (AvgIpc) is 3.62. The summed E-state index contributed by atoms with van der Waals surface area (Å²) in [7, 11) is 0. The van der Waals surface area contributed by atoms with Gasteiger partial charge in [-0.1, -0.05) is 65.0 Å². The fraction of sp³-hybridized carbons (Fsp3) is 0.120. The lowest BCUT2D eigenvalue weighted by molar-refractivity contribution is -0.384. The van der Waals surface area contributed by atoms with Gasteiger partial charge >= 0.3 is 0 Å². The first-order valence-corrected chi connectivity index (χ1v) is 13.2. The normalized spacial score (nSPS) is 15.4. The van der Waals surface area contributed by atoms with E-state index in [1.807, 2.05) is 18.2 Å². The van der Waals surface area contributed by atoms with Crippen molar-refractivity contribution in [2.75, 3.05) is 4.90 Å². The summed E-state index contributed by atoms with van der Waals surface area (Å²) in [6.07, 6.45) is 0. The number of aliphatic hydroxyl groups is 1. The maximum absolute atomic E-state index is 13.4. The molecule has 0 fully saturated rings. The number of amides is 1. The highest BCUT2D eigenvalue weighted by Crippen LogP contribution is 2.44. The van der Waals surface area contributed by atoms with Crippen LogP contribution in [0, 0.1) is 17.0 Å². The predicted molar refractivity (Wildman–Crippen MR) is 142 cm³/mol. The number of nitro benzene ring substituents is 1. The molecular formula is C25H17ClN4O6S2. The summed E-state index contributed by atoms with van der Waals surface area (Å²) >= 11 is 8.67. The molecule has 0 bridgehead atoms. The number of hydrogen-bond donors (Lipinski definition) is 1. The second kappa shape index (κ2) is 10.4. The van der Waals surface area contributed by atoms with E-state index in [0.29, 0.717) is 20.9 Å². The molecular weight excluding hydrogens is 552 g/mol. The quantitative estimate of drug-likeness (QED) is 0.0880. The molecule has 38 heavy (non-hydrogen) atoms. The fourth-order valence-electron chi connectivity index (χ4n) is 3.96. The summed E-state index contributed by atoms with van der Waals surface area (Å²) in [6.45, 7) is 1.65. The third-order valence-corrected chi connectivity index (χ3v) is 8.20. The van der Waals surface area contributed by atoms with Crippen molar-refractivity contribution in [3.05, 3.63) is 110 Å². The molecule has 0 aliphatic carbocycles. The third-order valence-electron chi connectivity index (χ3n) is 5.72. The lowest BCUT2D eigenvalue weighted by atomic mass is 9.95. The number of halogens is 1. The van der Waals surface area contributed by atoms with Crippen LogP contribution in [-0.4, -0.2) is 31.9 Å². The van der Waals surface area contributed by atoms with E-state index in [2.05, 4.69) is 10.2 Å². The van der Waals surface area contributed by atoms with Crippen LogP contribution in [-0.2, 0) is 10.5 Å². The summed E-state index contributed by atoms with van der Waals surface area (Å²) in [6, 6.07) is 14.7. The summed E-state index contributed by atoms with van der Waals surface area (Å²) in [5.41, 5.74) is 0.618. The maximum Gasteiger partial charge on any atom is 0.296 e. The Morgan fingerprint density at radius 1 is 1.21 bits per heavy atom. The van der Waals surface area contributed by atoms with Gasteiger partial charge in [-0.2, -0.15) is 0 Å². The second-order valence-corrected chi connectivity index (χ2v) is 10.7. The molecule has 13 heteroatoms. The van der Waals surface area contributed by atoms with Gasteiger partial charge < -0.3 is 9.52 Å². The Morgan fingerprint density at radius 3 is 2.71 bits per heavy atom. The third kappa shape index (κ3) is 4.80. The van der Waals surface area contributed by atoms with Crippen molar-refractivity contribution in [1.82, 2.24) is 10.2 Å². The number of aliphatic hydroxyl groups excluding tert-OH is 1. The van der Waals surface area contributed by atoms with Crippen molar-refractivity contribution in [3.8, 4) is 0 Å². The maximum atomic E-state index is 13.4. The first-order chi connectivity index (χ1) is 18.2. The minimum atomic E-state index is -1.20. The number of carbonyl (C=O) groups excluding carboxylic acids is 2. The van der Waals surface area contributed by atoms with Crippen LogP contribution in [0.1, 0.15) is 33.5 Å². The SMILES string of the molecule is Cc1ccc(C(=O)C2=C(O)C(=O)N(c3nnc(SCc4ccccc4Cl)s3)C2c2cccc([N+](=O)[O-])c2)o1. The summed E-state index contributed by atoms with van der Waals surface area (Å²) in [5, 5.41) is 31.3. The Kier molecular flexibility index (Phi) is 7.02. The van der Waals surface area contributed by atoms with Crippen molar-refractivity contribution in [2.45, 2.75) is 23.1 Å². The van der Waals surface area contributed by atoms with Gasteiger partial charge in [-0.25, -0.2) is 0 Å². The molecule has 4 aromatic rings. The highest BCUT2D eigenvalue weighted by Gasteiger charge is 2.47.